The van der Waals surface area contributed by atoms with Crippen LogP contribution in [0.25, 0.3) is 0 Å². The summed E-state index contributed by atoms with van der Waals surface area (Å²) >= 11 is 0. The van der Waals surface area contributed by atoms with E-state index in [2.05, 4.69) is 17.3 Å². The van der Waals surface area contributed by atoms with Gasteiger partial charge in [0.15, 0.2) is 0 Å². The average molecular weight is 250 g/mol. The van der Waals surface area contributed by atoms with E-state index in [1.54, 1.807) is 4.68 Å². The molecule has 1 atom stereocenters. The van der Waals surface area contributed by atoms with E-state index in [1.807, 2.05) is 13.8 Å². The highest BCUT2D eigenvalue weighted by molar-refractivity contribution is 5.98. The smallest absolute Gasteiger partial charge is 0.271 e. The van der Waals surface area contributed by atoms with Gasteiger partial charge in [0, 0.05) is 12.6 Å². The van der Waals surface area contributed by atoms with E-state index < -0.39 is 0 Å². The van der Waals surface area contributed by atoms with E-state index in [9.17, 15) is 4.79 Å². The molecule has 1 aromatic rings. The van der Waals surface area contributed by atoms with Crippen LogP contribution in [0.4, 0.5) is 5.69 Å². The average Bonchev–Trinajstić information content (AvgIpc) is 2.52. The molecule has 1 fully saturated rings. The van der Waals surface area contributed by atoms with Crippen LogP contribution in [0, 0.1) is 12.8 Å². The summed E-state index contributed by atoms with van der Waals surface area (Å²) in [6.07, 6.45) is 3.70. The molecular formula is C13H22N4O. The molecule has 1 unspecified atom stereocenters. The van der Waals surface area contributed by atoms with Crippen molar-refractivity contribution in [3.8, 4) is 0 Å². The van der Waals surface area contributed by atoms with Gasteiger partial charge in [-0.15, -0.1) is 0 Å². The summed E-state index contributed by atoms with van der Waals surface area (Å²) in [6.45, 7) is 6.50. The lowest BCUT2D eigenvalue weighted by Crippen LogP contribution is -2.41. The number of nitrogens with two attached hydrogens (primary N) is 1. The summed E-state index contributed by atoms with van der Waals surface area (Å²) in [5.74, 6) is 0.517. The second-order valence-electron chi connectivity index (χ2n) is 5.12. The lowest BCUT2D eigenvalue weighted by molar-refractivity contribution is 0.0899. The zero-order valence-corrected chi connectivity index (χ0v) is 11.4. The van der Waals surface area contributed by atoms with Crippen LogP contribution < -0.4 is 11.1 Å². The first-order chi connectivity index (χ1) is 8.54. The van der Waals surface area contributed by atoms with Crippen LogP contribution in [-0.4, -0.2) is 21.7 Å². The van der Waals surface area contributed by atoms with E-state index in [1.165, 1.54) is 19.3 Å². The van der Waals surface area contributed by atoms with Crippen LogP contribution in [0.3, 0.4) is 0 Å². The molecule has 1 aliphatic carbocycles. The number of aryl methyl sites for hydroxylation is 2. The Kier molecular flexibility index (Phi) is 3.59. The fraction of sp³-hybridized carbons (Fsp3) is 0.692. The van der Waals surface area contributed by atoms with Crippen LogP contribution >= 0.6 is 0 Å². The van der Waals surface area contributed by atoms with Crippen LogP contribution in [0.15, 0.2) is 0 Å². The number of hydrogen-bond acceptors (Lipinski definition) is 3. The molecule has 0 radical (unpaired) electrons. The zero-order valence-electron chi connectivity index (χ0n) is 11.4. The Morgan fingerprint density at radius 1 is 1.61 bits per heavy atom. The maximum Gasteiger partial charge on any atom is 0.271 e. The minimum absolute atomic E-state index is 0.102. The quantitative estimate of drug-likeness (QED) is 0.854. The number of rotatable bonds is 4. The minimum atomic E-state index is -0.102. The van der Waals surface area contributed by atoms with Crippen molar-refractivity contribution in [1.29, 1.82) is 0 Å². The largest absolute Gasteiger partial charge is 0.395 e. The van der Waals surface area contributed by atoms with Gasteiger partial charge in [0.25, 0.3) is 5.91 Å². The molecule has 0 aliphatic heterocycles. The molecule has 100 valence electrons. The van der Waals surface area contributed by atoms with Gasteiger partial charge in [0.1, 0.15) is 5.69 Å². The van der Waals surface area contributed by atoms with Crippen molar-refractivity contribution < 1.29 is 4.79 Å². The number of hydrogen-bond donors (Lipinski definition) is 2. The highest BCUT2D eigenvalue weighted by atomic mass is 16.2. The van der Waals surface area contributed by atoms with Crippen LogP contribution in [0.5, 0.6) is 0 Å². The van der Waals surface area contributed by atoms with Crippen LogP contribution in [0.1, 0.15) is 49.3 Å². The topological polar surface area (TPSA) is 72.9 Å². The maximum absolute atomic E-state index is 12.3. The summed E-state index contributed by atoms with van der Waals surface area (Å²) in [7, 11) is 0. The van der Waals surface area contributed by atoms with Gasteiger partial charge in [0.2, 0.25) is 0 Å². The van der Waals surface area contributed by atoms with Crippen molar-refractivity contribution in [3.05, 3.63) is 11.4 Å². The molecule has 1 heterocycles. The Balaban J connectivity index is 2.12. The molecule has 1 aromatic heterocycles. The van der Waals surface area contributed by atoms with E-state index in [0.29, 0.717) is 23.8 Å². The molecule has 0 aromatic carbocycles. The third-order valence-electron chi connectivity index (χ3n) is 3.90. The molecule has 3 N–H and O–H groups in total. The Labute approximate surface area is 108 Å². The Morgan fingerprint density at radius 3 is 2.78 bits per heavy atom. The predicted molar refractivity (Wildman–Crippen MR) is 71.3 cm³/mol. The first-order valence-electron chi connectivity index (χ1n) is 6.68. The van der Waals surface area contributed by atoms with E-state index in [4.69, 9.17) is 5.73 Å². The van der Waals surface area contributed by atoms with Gasteiger partial charge in [-0.05, 0) is 39.5 Å². The fourth-order valence-electron chi connectivity index (χ4n) is 2.40. The van der Waals surface area contributed by atoms with E-state index in [0.717, 1.165) is 5.69 Å². The molecule has 0 saturated heterocycles. The van der Waals surface area contributed by atoms with Crippen molar-refractivity contribution in [2.75, 3.05) is 5.73 Å². The Hall–Kier alpha value is -1.52. The Morgan fingerprint density at radius 2 is 2.28 bits per heavy atom. The molecule has 1 saturated carbocycles. The number of carbonyl (C=O) groups excluding carboxylic acids is 1. The second kappa shape index (κ2) is 5.00. The van der Waals surface area contributed by atoms with Gasteiger partial charge < -0.3 is 11.1 Å². The molecule has 5 nitrogen and oxygen atoms in total. The molecule has 5 heteroatoms. The lowest BCUT2D eigenvalue weighted by Gasteiger charge is -2.31. The van der Waals surface area contributed by atoms with Gasteiger partial charge in [-0.2, -0.15) is 5.10 Å². The standard InChI is InChI=1S/C13H22N4O/c1-4-17-12(11(14)9(3)16-17)13(18)15-8(2)10-6-5-7-10/h8,10H,4-7,14H2,1-3H3,(H,15,18). The highest BCUT2D eigenvalue weighted by Gasteiger charge is 2.27. The van der Waals surface area contributed by atoms with E-state index >= 15 is 0 Å². The van der Waals surface area contributed by atoms with Gasteiger partial charge in [-0.1, -0.05) is 6.42 Å². The summed E-state index contributed by atoms with van der Waals surface area (Å²) in [5, 5.41) is 7.31. The van der Waals surface area contributed by atoms with Crippen molar-refractivity contribution in [3.63, 3.8) is 0 Å². The minimum Gasteiger partial charge on any atom is -0.395 e. The molecule has 1 aliphatic rings. The highest BCUT2D eigenvalue weighted by Crippen LogP contribution is 2.29. The van der Waals surface area contributed by atoms with Crippen molar-refractivity contribution in [1.82, 2.24) is 15.1 Å². The third kappa shape index (κ3) is 2.21. The number of carbonyl (C=O) groups is 1. The molecule has 18 heavy (non-hydrogen) atoms. The number of aromatic nitrogens is 2. The first kappa shape index (κ1) is 12.9. The summed E-state index contributed by atoms with van der Waals surface area (Å²) in [5.41, 5.74) is 7.65. The van der Waals surface area contributed by atoms with Crippen LogP contribution in [-0.2, 0) is 6.54 Å². The zero-order chi connectivity index (χ0) is 13.3. The van der Waals surface area contributed by atoms with Gasteiger partial charge in [0.05, 0.1) is 11.4 Å². The number of amides is 1. The lowest BCUT2D eigenvalue weighted by atomic mass is 9.80. The van der Waals surface area contributed by atoms with Crippen molar-refractivity contribution in [2.45, 2.75) is 52.6 Å². The molecule has 0 spiro atoms. The summed E-state index contributed by atoms with van der Waals surface area (Å²) in [6, 6.07) is 0.214. The monoisotopic (exact) mass is 250 g/mol. The van der Waals surface area contributed by atoms with Crippen molar-refractivity contribution in [2.24, 2.45) is 5.92 Å². The van der Waals surface area contributed by atoms with Gasteiger partial charge in [-0.3, -0.25) is 9.48 Å². The van der Waals surface area contributed by atoms with Crippen LogP contribution in [0.2, 0.25) is 0 Å². The summed E-state index contributed by atoms with van der Waals surface area (Å²) < 4.78 is 1.67. The molecule has 1 amide bonds. The van der Waals surface area contributed by atoms with Crippen molar-refractivity contribution >= 4 is 11.6 Å². The molecule has 2 rings (SSSR count). The van der Waals surface area contributed by atoms with Gasteiger partial charge >= 0.3 is 0 Å². The number of nitrogen functional groups attached to an aromatic ring is 1. The SMILES string of the molecule is CCn1nc(C)c(N)c1C(=O)NC(C)C1CCC1. The number of anilines is 1. The number of nitrogens with one attached hydrogen (secondary N) is 1. The predicted octanol–water partition coefficient (Wildman–Crippen LogP) is 1.71. The maximum atomic E-state index is 12.3. The third-order valence-corrected chi connectivity index (χ3v) is 3.90. The van der Waals surface area contributed by atoms with Gasteiger partial charge in [-0.25, -0.2) is 0 Å². The van der Waals surface area contributed by atoms with E-state index in [-0.39, 0.29) is 11.9 Å². The fourth-order valence-corrected chi connectivity index (χ4v) is 2.40. The normalized spacial score (nSPS) is 17.3. The number of nitrogens with zero attached hydrogens (tertiary/aromatic N) is 2. The summed E-state index contributed by atoms with van der Waals surface area (Å²) in [4.78, 5) is 12.3. The Bertz CT molecular complexity index is 448. The second-order valence-corrected chi connectivity index (χ2v) is 5.12. The molecular weight excluding hydrogens is 228 g/mol. The first-order valence-corrected chi connectivity index (χ1v) is 6.68. The molecule has 0 bridgehead atoms.